The summed E-state index contributed by atoms with van der Waals surface area (Å²) in [7, 11) is 0. The molecule has 3 aromatic rings. The van der Waals surface area contributed by atoms with E-state index in [0.717, 1.165) is 48.3 Å². The lowest BCUT2D eigenvalue weighted by Gasteiger charge is -2.34. The average molecular weight is 392 g/mol. The van der Waals surface area contributed by atoms with Gasteiger partial charge in [0.15, 0.2) is 5.13 Å². The summed E-state index contributed by atoms with van der Waals surface area (Å²) in [5.74, 6) is 1.00. The van der Waals surface area contributed by atoms with Crippen LogP contribution in [0.15, 0.2) is 42.5 Å². The molecule has 4 nitrogen and oxygen atoms in total. The van der Waals surface area contributed by atoms with Gasteiger partial charge in [0, 0.05) is 26.2 Å². The van der Waals surface area contributed by atoms with E-state index in [-0.39, 0.29) is 5.91 Å². The molecule has 1 saturated carbocycles. The number of piperazine rings is 1. The second kappa shape index (κ2) is 7.21. The van der Waals surface area contributed by atoms with E-state index in [9.17, 15) is 4.79 Å². The Morgan fingerprint density at radius 1 is 1.07 bits per heavy atom. The Bertz CT molecular complexity index is 998. The summed E-state index contributed by atoms with van der Waals surface area (Å²) in [6.45, 7) is 5.35. The maximum absolute atomic E-state index is 12.7. The van der Waals surface area contributed by atoms with E-state index in [1.165, 1.54) is 28.7 Å². The van der Waals surface area contributed by atoms with Crippen molar-refractivity contribution in [1.82, 2.24) is 9.88 Å². The number of hydrogen-bond donors (Lipinski definition) is 0. The molecule has 0 radical (unpaired) electrons. The van der Waals surface area contributed by atoms with Crippen LogP contribution in [0.4, 0.5) is 5.13 Å². The number of nitrogens with zero attached hydrogens (tertiary/aromatic N) is 3. The number of aromatic nitrogens is 1. The van der Waals surface area contributed by atoms with Crippen LogP contribution in [-0.2, 0) is 11.2 Å². The minimum atomic E-state index is 0.235. The topological polar surface area (TPSA) is 36.4 Å². The van der Waals surface area contributed by atoms with Gasteiger partial charge in [-0.05, 0) is 54.5 Å². The van der Waals surface area contributed by atoms with Crippen LogP contribution in [0, 0.1) is 6.92 Å². The highest BCUT2D eigenvalue weighted by Gasteiger charge is 2.25. The molecule has 0 atom stereocenters. The van der Waals surface area contributed by atoms with Crippen molar-refractivity contribution in [1.29, 1.82) is 0 Å². The van der Waals surface area contributed by atoms with Gasteiger partial charge in [-0.15, -0.1) is 0 Å². The third-order valence-electron chi connectivity index (χ3n) is 5.82. The smallest absolute Gasteiger partial charge is 0.227 e. The molecule has 1 aromatic heterocycles. The zero-order chi connectivity index (χ0) is 19.1. The lowest BCUT2D eigenvalue weighted by molar-refractivity contribution is -0.130. The molecule has 1 aliphatic heterocycles. The standard InChI is InChI=1S/C23H25N3OS/c1-16-2-9-21-20(14-16)24-23(28-21)26-12-10-25(11-13-26)22(27)15-17-3-5-18(6-4-17)19-7-8-19/h2-6,9,14,19H,7-8,10-13,15H2,1H3. The van der Waals surface area contributed by atoms with Crippen molar-refractivity contribution in [3.05, 3.63) is 59.2 Å². The molecule has 2 fully saturated rings. The van der Waals surface area contributed by atoms with Crippen molar-refractivity contribution in [2.24, 2.45) is 0 Å². The summed E-state index contributed by atoms with van der Waals surface area (Å²) in [5.41, 5.74) is 4.87. The van der Waals surface area contributed by atoms with E-state index in [1.54, 1.807) is 11.3 Å². The van der Waals surface area contributed by atoms with Crippen molar-refractivity contribution in [2.45, 2.75) is 32.1 Å². The molecule has 2 heterocycles. The van der Waals surface area contributed by atoms with Crippen molar-refractivity contribution < 1.29 is 4.79 Å². The number of benzene rings is 2. The molecule has 0 unspecified atom stereocenters. The Labute approximate surface area is 169 Å². The third-order valence-corrected chi connectivity index (χ3v) is 6.92. The summed E-state index contributed by atoms with van der Waals surface area (Å²) in [5, 5.41) is 1.07. The molecule has 0 N–H and O–H groups in total. The zero-order valence-electron chi connectivity index (χ0n) is 16.2. The highest BCUT2D eigenvalue weighted by atomic mass is 32.1. The highest BCUT2D eigenvalue weighted by molar-refractivity contribution is 7.22. The third kappa shape index (κ3) is 3.63. The van der Waals surface area contributed by atoms with Crippen molar-refractivity contribution in [2.75, 3.05) is 31.1 Å². The normalized spacial score (nSPS) is 17.3. The number of aryl methyl sites for hydroxylation is 1. The van der Waals surface area contributed by atoms with Gasteiger partial charge in [0.2, 0.25) is 5.91 Å². The van der Waals surface area contributed by atoms with Crippen molar-refractivity contribution in [3.8, 4) is 0 Å². The summed E-state index contributed by atoms with van der Waals surface area (Å²) in [4.78, 5) is 21.8. The zero-order valence-corrected chi connectivity index (χ0v) is 17.0. The number of thiazole rings is 1. The Hall–Kier alpha value is -2.40. The van der Waals surface area contributed by atoms with Gasteiger partial charge < -0.3 is 9.80 Å². The minimum Gasteiger partial charge on any atom is -0.345 e. The molecule has 28 heavy (non-hydrogen) atoms. The van der Waals surface area contributed by atoms with E-state index < -0.39 is 0 Å². The summed E-state index contributed by atoms with van der Waals surface area (Å²) in [6, 6.07) is 15.1. The maximum atomic E-state index is 12.7. The van der Waals surface area contributed by atoms with Crippen molar-refractivity contribution >= 4 is 32.6 Å². The van der Waals surface area contributed by atoms with Crippen LogP contribution >= 0.6 is 11.3 Å². The second-order valence-electron chi connectivity index (χ2n) is 8.03. The van der Waals surface area contributed by atoms with E-state index in [0.29, 0.717) is 6.42 Å². The number of anilines is 1. The fourth-order valence-electron chi connectivity index (χ4n) is 3.92. The fourth-order valence-corrected chi connectivity index (χ4v) is 4.92. The first-order valence-electron chi connectivity index (χ1n) is 10.1. The largest absolute Gasteiger partial charge is 0.345 e. The van der Waals surface area contributed by atoms with Gasteiger partial charge in [0.1, 0.15) is 0 Å². The van der Waals surface area contributed by atoms with Gasteiger partial charge >= 0.3 is 0 Å². The second-order valence-corrected chi connectivity index (χ2v) is 9.04. The van der Waals surface area contributed by atoms with E-state index in [1.807, 2.05) is 4.90 Å². The van der Waals surface area contributed by atoms with Gasteiger partial charge in [-0.3, -0.25) is 4.79 Å². The van der Waals surface area contributed by atoms with E-state index in [4.69, 9.17) is 4.98 Å². The van der Waals surface area contributed by atoms with Gasteiger partial charge in [-0.2, -0.15) is 0 Å². The van der Waals surface area contributed by atoms with Crippen LogP contribution in [0.3, 0.4) is 0 Å². The number of rotatable bonds is 4. The molecule has 5 rings (SSSR count). The van der Waals surface area contributed by atoms with Crippen molar-refractivity contribution in [3.63, 3.8) is 0 Å². The molecule has 1 saturated heterocycles. The Morgan fingerprint density at radius 3 is 2.54 bits per heavy atom. The summed E-state index contributed by atoms with van der Waals surface area (Å²) in [6.07, 6.45) is 3.14. The molecular formula is C23H25N3OS. The van der Waals surface area contributed by atoms with Crippen LogP contribution < -0.4 is 4.90 Å². The van der Waals surface area contributed by atoms with Crippen LogP contribution in [0.2, 0.25) is 0 Å². The van der Waals surface area contributed by atoms with Gasteiger partial charge in [0.05, 0.1) is 16.6 Å². The van der Waals surface area contributed by atoms with Gasteiger partial charge in [-0.1, -0.05) is 41.7 Å². The van der Waals surface area contributed by atoms with E-state index in [2.05, 4.69) is 54.3 Å². The lowest BCUT2D eigenvalue weighted by Crippen LogP contribution is -2.49. The molecular weight excluding hydrogens is 366 g/mol. The minimum absolute atomic E-state index is 0.235. The Morgan fingerprint density at radius 2 is 1.82 bits per heavy atom. The van der Waals surface area contributed by atoms with E-state index >= 15 is 0 Å². The number of hydrogen-bond acceptors (Lipinski definition) is 4. The molecule has 0 bridgehead atoms. The summed E-state index contributed by atoms with van der Waals surface area (Å²) >= 11 is 1.74. The number of fused-ring (bicyclic) bond motifs is 1. The number of amides is 1. The predicted molar refractivity (Wildman–Crippen MR) is 115 cm³/mol. The fraction of sp³-hybridized carbons (Fsp3) is 0.391. The molecule has 2 aliphatic rings. The number of carbonyl (C=O) groups excluding carboxylic acids is 1. The highest BCUT2D eigenvalue weighted by Crippen LogP contribution is 2.39. The average Bonchev–Trinajstić information content (AvgIpc) is 3.48. The van der Waals surface area contributed by atoms with Crippen LogP contribution in [0.5, 0.6) is 0 Å². The van der Waals surface area contributed by atoms with Gasteiger partial charge in [0.25, 0.3) is 0 Å². The van der Waals surface area contributed by atoms with Gasteiger partial charge in [-0.25, -0.2) is 4.98 Å². The molecule has 2 aromatic carbocycles. The monoisotopic (exact) mass is 391 g/mol. The molecule has 144 valence electrons. The maximum Gasteiger partial charge on any atom is 0.227 e. The first-order chi connectivity index (χ1) is 13.7. The molecule has 0 spiro atoms. The quantitative estimate of drug-likeness (QED) is 0.662. The summed E-state index contributed by atoms with van der Waals surface area (Å²) < 4.78 is 1.23. The Kier molecular flexibility index (Phi) is 4.55. The number of carbonyl (C=O) groups is 1. The molecule has 5 heteroatoms. The lowest BCUT2D eigenvalue weighted by atomic mass is 10.1. The first-order valence-corrected chi connectivity index (χ1v) is 11.0. The Balaban J connectivity index is 1.19. The van der Waals surface area contributed by atoms with Crippen LogP contribution in [0.1, 0.15) is 35.4 Å². The SMILES string of the molecule is Cc1ccc2sc(N3CCN(C(=O)Cc4ccc(C5CC5)cc4)CC3)nc2c1. The molecule has 1 amide bonds. The predicted octanol–water partition coefficient (Wildman–Crippen LogP) is 4.37. The molecule has 1 aliphatic carbocycles. The van der Waals surface area contributed by atoms with Crippen LogP contribution in [0.25, 0.3) is 10.2 Å². The van der Waals surface area contributed by atoms with Crippen LogP contribution in [-0.4, -0.2) is 42.0 Å². The first kappa shape index (κ1) is 17.7.